The number of ether oxygens (including phenoxy) is 1. The van der Waals surface area contributed by atoms with Crippen LogP contribution in [0.1, 0.15) is 26.7 Å². The van der Waals surface area contributed by atoms with Crippen molar-refractivity contribution in [1.82, 2.24) is 0 Å². The number of unbranched alkanes of at least 4 members (excludes halogenated alkanes) is 1. The van der Waals surface area contributed by atoms with Crippen molar-refractivity contribution in [2.24, 2.45) is 0 Å². The Bertz CT molecular complexity index is 244. The van der Waals surface area contributed by atoms with Crippen LogP contribution in [0.5, 0.6) is 0 Å². The third-order valence-electron chi connectivity index (χ3n) is 1.02. The molecule has 0 aliphatic heterocycles. The molecule has 0 bridgehead atoms. The predicted molar refractivity (Wildman–Crippen MR) is 47.1 cm³/mol. The van der Waals surface area contributed by atoms with Crippen LogP contribution in [0.4, 0.5) is 0 Å². The molecule has 0 saturated carbocycles. The molecule has 0 heterocycles. The Balaban J connectivity index is 3.59. The summed E-state index contributed by atoms with van der Waals surface area (Å²) in [5, 5.41) is 0. The van der Waals surface area contributed by atoms with E-state index in [2.05, 4.69) is 28.4 Å². The summed E-state index contributed by atoms with van der Waals surface area (Å²) in [7, 11) is 0. The maximum absolute atomic E-state index is 10.7. The quantitative estimate of drug-likeness (QED) is 0.350. The Morgan fingerprint density at radius 1 is 1.42 bits per heavy atom. The topological polar surface area (TPSA) is 26.3 Å². The first-order chi connectivity index (χ1) is 5.81. The molecule has 64 valence electrons. The van der Waals surface area contributed by atoms with Gasteiger partial charge in [-0.05, 0) is 13.3 Å². The third kappa shape index (κ3) is 6.71. The average Bonchev–Trinajstić information content (AvgIpc) is 2.06. The first-order valence-electron chi connectivity index (χ1n) is 3.86. The fourth-order valence-corrected chi connectivity index (χ4v) is 0.470. The van der Waals surface area contributed by atoms with E-state index < -0.39 is 5.97 Å². The highest BCUT2D eigenvalue weighted by Gasteiger charge is 1.91. The summed E-state index contributed by atoms with van der Waals surface area (Å²) in [6.45, 7) is 3.83. The normalized spacial score (nSPS) is 7.17. The molecule has 0 radical (unpaired) electrons. The second kappa shape index (κ2) is 7.69. The van der Waals surface area contributed by atoms with Crippen molar-refractivity contribution >= 4 is 5.97 Å². The van der Waals surface area contributed by atoms with Crippen LogP contribution in [0.25, 0.3) is 0 Å². The van der Waals surface area contributed by atoms with Gasteiger partial charge in [0.2, 0.25) is 0 Å². The van der Waals surface area contributed by atoms with Gasteiger partial charge in [-0.25, -0.2) is 4.79 Å². The second-order valence-electron chi connectivity index (χ2n) is 2.05. The molecule has 2 heteroatoms. The molecule has 0 aromatic rings. The van der Waals surface area contributed by atoms with Crippen LogP contribution in [0, 0.1) is 23.7 Å². The van der Waals surface area contributed by atoms with Gasteiger partial charge in [-0.2, -0.15) is 0 Å². The van der Waals surface area contributed by atoms with Crippen molar-refractivity contribution in [3.05, 3.63) is 0 Å². The van der Waals surface area contributed by atoms with Crippen molar-refractivity contribution in [3.8, 4) is 23.7 Å². The van der Waals surface area contributed by atoms with E-state index in [9.17, 15) is 4.79 Å². The molecule has 0 spiro atoms. The molecule has 0 saturated heterocycles. The summed E-state index contributed by atoms with van der Waals surface area (Å²) < 4.78 is 4.64. The SMILES string of the molecule is CC#CCOC(=O)C#CCCC. The molecule has 0 fully saturated rings. The third-order valence-corrected chi connectivity index (χ3v) is 1.02. The van der Waals surface area contributed by atoms with Crippen molar-refractivity contribution < 1.29 is 9.53 Å². The van der Waals surface area contributed by atoms with Gasteiger partial charge in [-0.15, -0.1) is 5.92 Å². The smallest absolute Gasteiger partial charge is 0.385 e. The van der Waals surface area contributed by atoms with E-state index in [4.69, 9.17) is 0 Å². The maximum Gasteiger partial charge on any atom is 0.385 e. The van der Waals surface area contributed by atoms with Gasteiger partial charge in [-0.1, -0.05) is 18.8 Å². The average molecular weight is 164 g/mol. The Morgan fingerprint density at radius 2 is 2.17 bits per heavy atom. The molecule has 0 rings (SSSR count). The standard InChI is InChI=1S/C10H12O2/c1-3-5-7-8-10(11)12-9-6-4-2/h3,5,9H2,1-2H3. The lowest BCUT2D eigenvalue weighted by atomic mass is 10.3. The van der Waals surface area contributed by atoms with Crippen molar-refractivity contribution in [1.29, 1.82) is 0 Å². The van der Waals surface area contributed by atoms with Crippen LogP contribution in [0.15, 0.2) is 0 Å². The summed E-state index contributed by atoms with van der Waals surface area (Å²) >= 11 is 0. The number of hydrogen-bond acceptors (Lipinski definition) is 2. The Labute approximate surface area is 73.3 Å². The van der Waals surface area contributed by atoms with Gasteiger partial charge in [0.05, 0.1) is 0 Å². The van der Waals surface area contributed by atoms with Crippen molar-refractivity contribution in [3.63, 3.8) is 0 Å². The van der Waals surface area contributed by atoms with Crippen molar-refractivity contribution in [2.45, 2.75) is 26.7 Å². The van der Waals surface area contributed by atoms with Crippen LogP contribution in [-0.2, 0) is 9.53 Å². The largest absolute Gasteiger partial charge is 0.443 e. The van der Waals surface area contributed by atoms with Crippen LogP contribution in [-0.4, -0.2) is 12.6 Å². The van der Waals surface area contributed by atoms with Gasteiger partial charge in [-0.3, -0.25) is 0 Å². The fraction of sp³-hybridized carbons (Fsp3) is 0.500. The molecular weight excluding hydrogens is 152 g/mol. The van der Waals surface area contributed by atoms with Crippen LogP contribution < -0.4 is 0 Å². The zero-order chi connectivity index (χ0) is 9.23. The predicted octanol–water partition coefficient (Wildman–Crippen LogP) is 1.36. The lowest BCUT2D eigenvalue weighted by Gasteiger charge is -1.90. The summed E-state index contributed by atoms with van der Waals surface area (Å²) in [6.07, 6.45) is 1.68. The highest BCUT2D eigenvalue weighted by molar-refractivity contribution is 5.88. The molecule has 0 atom stereocenters. The summed E-state index contributed by atoms with van der Waals surface area (Å²) in [4.78, 5) is 10.7. The first kappa shape index (κ1) is 10.6. The number of esters is 1. The minimum absolute atomic E-state index is 0.135. The minimum Gasteiger partial charge on any atom is -0.443 e. The number of rotatable bonds is 2. The van der Waals surface area contributed by atoms with Crippen molar-refractivity contribution in [2.75, 3.05) is 6.61 Å². The number of carbonyl (C=O) groups excluding carboxylic acids is 1. The summed E-state index contributed by atoms with van der Waals surface area (Å²) in [6, 6.07) is 0. The van der Waals surface area contributed by atoms with E-state index in [1.807, 2.05) is 6.92 Å². The zero-order valence-corrected chi connectivity index (χ0v) is 7.44. The first-order valence-corrected chi connectivity index (χ1v) is 3.86. The van der Waals surface area contributed by atoms with E-state index in [0.29, 0.717) is 0 Å². The highest BCUT2D eigenvalue weighted by Crippen LogP contribution is 1.82. The molecule has 12 heavy (non-hydrogen) atoms. The molecule has 0 aromatic carbocycles. The minimum atomic E-state index is -0.494. The van der Waals surface area contributed by atoms with Gasteiger partial charge >= 0.3 is 5.97 Å². The molecule has 2 nitrogen and oxygen atoms in total. The second-order valence-corrected chi connectivity index (χ2v) is 2.05. The van der Waals surface area contributed by atoms with Gasteiger partial charge in [0.1, 0.15) is 0 Å². The summed E-state index contributed by atoms with van der Waals surface area (Å²) in [5.74, 6) is 9.78. The Kier molecular flexibility index (Phi) is 6.79. The Hall–Kier alpha value is -1.41. The molecule has 0 aliphatic rings. The molecule has 0 aliphatic carbocycles. The van der Waals surface area contributed by atoms with Gasteiger partial charge in [0.25, 0.3) is 0 Å². The molecule has 0 N–H and O–H groups in total. The Morgan fingerprint density at radius 3 is 2.75 bits per heavy atom. The number of carbonyl (C=O) groups is 1. The molecule has 0 amide bonds. The van der Waals surface area contributed by atoms with E-state index in [-0.39, 0.29) is 6.61 Å². The van der Waals surface area contributed by atoms with Gasteiger partial charge in [0.15, 0.2) is 6.61 Å². The van der Waals surface area contributed by atoms with E-state index in [1.165, 1.54) is 0 Å². The highest BCUT2D eigenvalue weighted by atomic mass is 16.5. The van der Waals surface area contributed by atoms with E-state index in [0.717, 1.165) is 12.8 Å². The zero-order valence-electron chi connectivity index (χ0n) is 7.44. The van der Waals surface area contributed by atoms with E-state index in [1.54, 1.807) is 6.92 Å². The molecular formula is C10H12O2. The van der Waals surface area contributed by atoms with Crippen LogP contribution >= 0.6 is 0 Å². The monoisotopic (exact) mass is 164 g/mol. The molecule has 0 unspecified atom stereocenters. The lowest BCUT2D eigenvalue weighted by Crippen LogP contribution is -2.00. The number of hydrogen-bond donors (Lipinski definition) is 0. The van der Waals surface area contributed by atoms with E-state index >= 15 is 0 Å². The van der Waals surface area contributed by atoms with Crippen LogP contribution in [0.2, 0.25) is 0 Å². The van der Waals surface area contributed by atoms with Crippen LogP contribution in [0.3, 0.4) is 0 Å². The fourth-order valence-electron chi connectivity index (χ4n) is 0.470. The summed E-state index contributed by atoms with van der Waals surface area (Å²) in [5.41, 5.74) is 0. The molecule has 0 aromatic heterocycles. The van der Waals surface area contributed by atoms with Gasteiger partial charge < -0.3 is 4.74 Å². The van der Waals surface area contributed by atoms with Gasteiger partial charge in [0, 0.05) is 12.3 Å². The maximum atomic E-state index is 10.7. The lowest BCUT2D eigenvalue weighted by molar-refractivity contribution is -0.135.